The average Bonchev–Trinajstić information content (AvgIpc) is 2.40. The summed E-state index contributed by atoms with van der Waals surface area (Å²) in [6.45, 7) is 6.80. The van der Waals surface area contributed by atoms with Crippen LogP contribution in [0.3, 0.4) is 0 Å². The zero-order valence-corrected chi connectivity index (χ0v) is 13.1. The normalized spacial score (nSPS) is 11.3. The summed E-state index contributed by atoms with van der Waals surface area (Å²) in [4.78, 5) is 35.2. The molecule has 0 aliphatic carbocycles. The number of carbonyl (C=O) groups is 3. The van der Waals surface area contributed by atoms with Crippen LogP contribution in [-0.2, 0) is 19.1 Å². The zero-order chi connectivity index (χ0) is 16.3. The molecule has 0 aliphatic heterocycles. The lowest BCUT2D eigenvalue weighted by molar-refractivity contribution is -0.147. The van der Waals surface area contributed by atoms with Crippen LogP contribution in [0.1, 0.15) is 33.1 Å². The number of ether oxygens (including phenoxy) is 1. The molecule has 0 saturated carbocycles. The van der Waals surface area contributed by atoms with E-state index in [1.165, 1.54) is 0 Å². The molecule has 116 valence electrons. The maximum atomic E-state index is 11.8. The van der Waals surface area contributed by atoms with Crippen LogP contribution in [-0.4, -0.2) is 34.9 Å². The van der Waals surface area contributed by atoms with E-state index < -0.39 is 18.6 Å². The Bertz CT molecular complexity index is 429. The third kappa shape index (κ3) is 9.68. The topological polar surface area (TPSA) is 96.3 Å². The molecule has 0 spiro atoms. The van der Waals surface area contributed by atoms with E-state index in [4.69, 9.17) is 5.26 Å². The highest BCUT2D eigenvalue weighted by atomic mass is 32.2. The summed E-state index contributed by atoms with van der Waals surface area (Å²) in [6.07, 6.45) is 2.08. The number of amides is 1. The van der Waals surface area contributed by atoms with Gasteiger partial charge in [0, 0.05) is 18.1 Å². The lowest BCUT2D eigenvalue weighted by Crippen LogP contribution is -2.43. The van der Waals surface area contributed by atoms with Crippen LogP contribution in [0.15, 0.2) is 12.7 Å². The van der Waals surface area contributed by atoms with Crippen LogP contribution in [0.4, 0.5) is 0 Å². The van der Waals surface area contributed by atoms with Crippen LogP contribution < -0.4 is 5.32 Å². The third-order valence-electron chi connectivity index (χ3n) is 2.21. The summed E-state index contributed by atoms with van der Waals surface area (Å²) < 4.78 is 4.67. The molecule has 0 aliphatic rings. The van der Waals surface area contributed by atoms with Gasteiger partial charge in [0.1, 0.15) is 12.1 Å². The van der Waals surface area contributed by atoms with Crippen LogP contribution in [0.25, 0.3) is 0 Å². The maximum Gasteiger partial charge on any atom is 0.330 e. The van der Waals surface area contributed by atoms with Gasteiger partial charge >= 0.3 is 5.97 Å². The predicted octanol–water partition coefficient (Wildman–Crippen LogP) is 1.56. The highest BCUT2D eigenvalue weighted by molar-refractivity contribution is 8.14. The largest absolute Gasteiger partial charge is 0.449 e. The van der Waals surface area contributed by atoms with Crippen molar-refractivity contribution in [2.24, 2.45) is 0 Å². The summed E-state index contributed by atoms with van der Waals surface area (Å²) >= 11 is 1.09. The van der Waals surface area contributed by atoms with Gasteiger partial charge in [0.05, 0.1) is 0 Å². The number of esters is 1. The van der Waals surface area contributed by atoms with Gasteiger partial charge in [0.2, 0.25) is 5.91 Å². The van der Waals surface area contributed by atoms with Gasteiger partial charge in [-0.1, -0.05) is 31.7 Å². The van der Waals surface area contributed by atoms with Gasteiger partial charge in [0.25, 0.3) is 0 Å². The summed E-state index contributed by atoms with van der Waals surface area (Å²) in [5.74, 6) is -1.14. The minimum Gasteiger partial charge on any atom is -0.449 e. The molecule has 0 aromatic rings. The standard InChI is InChI=1S/C14H20N2O4S/c1-4-5-6-12(17)16-11(14(19)20-8-7-15)9-13(18)21-10(2)3/h4,10-11H,1,5-6,8-9H2,2-3H3,(H,16,17). The Hall–Kier alpha value is -1.81. The summed E-state index contributed by atoms with van der Waals surface area (Å²) in [5, 5.41) is 10.7. The minimum absolute atomic E-state index is 0.0877. The van der Waals surface area contributed by atoms with E-state index >= 15 is 0 Å². The number of carbonyl (C=O) groups excluding carboxylic acids is 3. The molecule has 0 saturated heterocycles. The van der Waals surface area contributed by atoms with Gasteiger partial charge in [0.15, 0.2) is 11.7 Å². The maximum absolute atomic E-state index is 11.8. The number of hydrogen-bond acceptors (Lipinski definition) is 6. The molecular formula is C14H20N2O4S. The fourth-order valence-electron chi connectivity index (χ4n) is 1.37. The van der Waals surface area contributed by atoms with E-state index in [1.807, 2.05) is 13.8 Å². The SMILES string of the molecule is C=CCCC(=O)NC(CC(=O)SC(C)C)C(=O)OCC#N. The van der Waals surface area contributed by atoms with Crippen LogP contribution in [0.2, 0.25) is 0 Å². The number of allylic oxidation sites excluding steroid dienone is 1. The number of nitriles is 1. The molecule has 0 rings (SSSR count). The molecule has 1 N–H and O–H groups in total. The monoisotopic (exact) mass is 312 g/mol. The quantitative estimate of drug-likeness (QED) is 0.513. The molecule has 21 heavy (non-hydrogen) atoms. The second-order valence-corrected chi connectivity index (χ2v) is 6.09. The number of hydrogen-bond donors (Lipinski definition) is 1. The van der Waals surface area contributed by atoms with E-state index in [0.29, 0.717) is 6.42 Å². The van der Waals surface area contributed by atoms with Crippen molar-refractivity contribution >= 4 is 28.8 Å². The second-order valence-electron chi connectivity index (χ2n) is 4.46. The lowest BCUT2D eigenvalue weighted by Gasteiger charge is -2.16. The molecule has 0 aromatic heterocycles. The molecule has 1 atom stereocenters. The molecule has 1 amide bonds. The smallest absolute Gasteiger partial charge is 0.330 e. The molecule has 0 heterocycles. The van der Waals surface area contributed by atoms with Gasteiger partial charge in [-0.15, -0.1) is 6.58 Å². The van der Waals surface area contributed by atoms with Gasteiger partial charge in [-0.05, 0) is 6.42 Å². The van der Waals surface area contributed by atoms with Crippen molar-refractivity contribution in [3.05, 3.63) is 12.7 Å². The molecule has 7 heteroatoms. The van der Waals surface area contributed by atoms with Crippen molar-refractivity contribution in [3.8, 4) is 6.07 Å². The molecule has 6 nitrogen and oxygen atoms in total. The summed E-state index contributed by atoms with van der Waals surface area (Å²) in [7, 11) is 0. The first kappa shape index (κ1) is 19.2. The zero-order valence-electron chi connectivity index (χ0n) is 12.3. The Labute approximate surface area is 128 Å². The number of rotatable bonds is 9. The fourth-order valence-corrected chi connectivity index (χ4v) is 2.16. The highest BCUT2D eigenvalue weighted by Crippen LogP contribution is 2.14. The second kappa shape index (κ2) is 10.9. The molecule has 1 unspecified atom stereocenters. The molecule has 0 fully saturated rings. The molecule has 0 aromatic carbocycles. The first-order valence-corrected chi connectivity index (χ1v) is 7.42. The van der Waals surface area contributed by atoms with E-state index in [9.17, 15) is 14.4 Å². The molecule has 0 radical (unpaired) electrons. The van der Waals surface area contributed by atoms with Crippen molar-refractivity contribution in [2.75, 3.05) is 6.61 Å². The van der Waals surface area contributed by atoms with E-state index in [0.717, 1.165) is 11.8 Å². The van der Waals surface area contributed by atoms with Gasteiger partial charge in [-0.2, -0.15) is 5.26 Å². The van der Waals surface area contributed by atoms with E-state index in [2.05, 4.69) is 16.6 Å². The Kier molecular flexibility index (Phi) is 9.98. The van der Waals surface area contributed by atoms with Gasteiger partial charge in [-0.3, -0.25) is 9.59 Å². The fraction of sp³-hybridized carbons (Fsp3) is 0.571. The Morgan fingerprint density at radius 2 is 2.10 bits per heavy atom. The van der Waals surface area contributed by atoms with Crippen LogP contribution >= 0.6 is 11.8 Å². The number of thioether (sulfide) groups is 1. The van der Waals surface area contributed by atoms with Gasteiger partial charge in [-0.25, -0.2) is 4.79 Å². The number of nitrogens with one attached hydrogen (secondary N) is 1. The van der Waals surface area contributed by atoms with Crippen molar-refractivity contribution in [3.63, 3.8) is 0 Å². The first-order valence-electron chi connectivity index (χ1n) is 6.54. The van der Waals surface area contributed by atoms with Crippen molar-refractivity contribution in [1.82, 2.24) is 5.32 Å². The minimum atomic E-state index is -1.06. The predicted molar refractivity (Wildman–Crippen MR) is 80.3 cm³/mol. The first-order chi connectivity index (χ1) is 9.90. The van der Waals surface area contributed by atoms with Crippen molar-refractivity contribution in [1.29, 1.82) is 5.26 Å². The molecule has 0 bridgehead atoms. The Morgan fingerprint density at radius 1 is 1.43 bits per heavy atom. The van der Waals surface area contributed by atoms with Gasteiger partial charge < -0.3 is 10.1 Å². The van der Waals surface area contributed by atoms with Crippen LogP contribution in [0, 0.1) is 11.3 Å². The van der Waals surface area contributed by atoms with E-state index in [-0.39, 0.29) is 29.1 Å². The van der Waals surface area contributed by atoms with Crippen molar-refractivity contribution < 1.29 is 19.1 Å². The summed E-state index contributed by atoms with van der Waals surface area (Å²) in [5.41, 5.74) is 0. The third-order valence-corrected chi connectivity index (χ3v) is 3.11. The molecular weight excluding hydrogens is 292 g/mol. The lowest BCUT2D eigenvalue weighted by atomic mass is 10.2. The average molecular weight is 312 g/mol. The summed E-state index contributed by atoms with van der Waals surface area (Å²) in [6, 6.07) is 0.607. The Morgan fingerprint density at radius 3 is 2.62 bits per heavy atom. The highest BCUT2D eigenvalue weighted by Gasteiger charge is 2.25. The van der Waals surface area contributed by atoms with Crippen molar-refractivity contribution in [2.45, 2.75) is 44.4 Å². The Balaban J connectivity index is 4.64. The van der Waals surface area contributed by atoms with E-state index in [1.54, 1.807) is 12.1 Å². The van der Waals surface area contributed by atoms with Crippen LogP contribution in [0.5, 0.6) is 0 Å². The number of nitrogens with zero attached hydrogens (tertiary/aromatic N) is 1.